The summed E-state index contributed by atoms with van der Waals surface area (Å²) in [5.41, 5.74) is -0.843. The molecule has 5 aliphatic rings. The van der Waals surface area contributed by atoms with E-state index in [2.05, 4.69) is 33.8 Å². The van der Waals surface area contributed by atoms with Gasteiger partial charge in [-0.3, -0.25) is 9.59 Å². The van der Waals surface area contributed by atoms with Crippen molar-refractivity contribution in [3.63, 3.8) is 0 Å². The van der Waals surface area contributed by atoms with Crippen LogP contribution in [-0.4, -0.2) is 47.1 Å². The molecular weight excluding hydrogens is 468 g/mol. The Hall–Kier alpha value is -1.40. The van der Waals surface area contributed by atoms with Crippen molar-refractivity contribution in [2.24, 2.45) is 50.2 Å². The maximum absolute atomic E-state index is 12.9. The van der Waals surface area contributed by atoms with Crippen LogP contribution in [-0.2, 0) is 14.3 Å². The lowest BCUT2D eigenvalue weighted by Gasteiger charge is -2.71. The van der Waals surface area contributed by atoms with Crippen molar-refractivity contribution in [3.05, 3.63) is 11.6 Å². The second kappa shape index (κ2) is 8.30. The summed E-state index contributed by atoms with van der Waals surface area (Å²) in [5, 5.41) is 31.9. The van der Waals surface area contributed by atoms with Crippen LogP contribution in [0.4, 0.5) is 0 Å². The first-order valence-corrected chi connectivity index (χ1v) is 14.5. The minimum Gasteiger partial charge on any atom is -0.481 e. The van der Waals surface area contributed by atoms with Crippen molar-refractivity contribution in [2.45, 2.75) is 105 Å². The predicted molar refractivity (Wildman–Crippen MR) is 140 cm³/mol. The average molecular weight is 517 g/mol. The van der Waals surface area contributed by atoms with Crippen molar-refractivity contribution in [2.75, 3.05) is 13.7 Å². The van der Waals surface area contributed by atoms with Crippen LogP contribution in [0.1, 0.15) is 98.8 Å². The van der Waals surface area contributed by atoms with Crippen LogP contribution in [0.5, 0.6) is 0 Å². The van der Waals surface area contributed by atoms with Crippen LogP contribution in [0.25, 0.3) is 0 Å². The minimum absolute atomic E-state index is 0.00315. The number of esters is 1. The monoisotopic (exact) mass is 516 g/mol. The van der Waals surface area contributed by atoms with Gasteiger partial charge in [0.15, 0.2) is 0 Å². The molecule has 0 bridgehead atoms. The third kappa shape index (κ3) is 3.24. The number of ether oxygens (including phenoxy) is 1. The molecule has 0 spiro atoms. The summed E-state index contributed by atoms with van der Waals surface area (Å²) < 4.78 is 5.20. The number of hydrogen-bond donors (Lipinski definition) is 3. The van der Waals surface area contributed by atoms with Gasteiger partial charge in [0.05, 0.1) is 30.7 Å². The molecule has 4 fully saturated rings. The summed E-state index contributed by atoms with van der Waals surface area (Å²) in [6.07, 6.45) is 9.54. The van der Waals surface area contributed by atoms with E-state index < -0.39 is 28.3 Å². The Kier molecular flexibility index (Phi) is 6.10. The van der Waals surface area contributed by atoms with Crippen molar-refractivity contribution < 1.29 is 29.6 Å². The average Bonchev–Trinajstić information content (AvgIpc) is 2.86. The third-order valence-electron chi connectivity index (χ3n) is 13.6. The predicted octanol–water partition coefficient (Wildman–Crippen LogP) is 5.36. The smallest absolute Gasteiger partial charge is 0.311 e. The van der Waals surface area contributed by atoms with Gasteiger partial charge < -0.3 is 20.1 Å². The summed E-state index contributed by atoms with van der Waals surface area (Å²) in [6.45, 7) is 11.3. The highest BCUT2D eigenvalue weighted by Gasteiger charge is 2.70. The zero-order valence-electron chi connectivity index (χ0n) is 23.7. The molecule has 4 saturated carbocycles. The van der Waals surface area contributed by atoms with Gasteiger partial charge in [-0.05, 0) is 105 Å². The van der Waals surface area contributed by atoms with E-state index in [-0.39, 0.29) is 40.7 Å². The molecule has 10 atom stereocenters. The van der Waals surface area contributed by atoms with E-state index in [1.807, 2.05) is 6.92 Å². The van der Waals surface area contributed by atoms with Gasteiger partial charge >= 0.3 is 11.9 Å². The number of methoxy groups -OCH3 is 1. The van der Waals surface area contributed by atoms with Crippen molar-refractivity contribution in [1.82, 2.24) is 0 Å². The van der Waals surface area contributed by atoms with Gasteiger partial charge in [0.2, 0.25) is 0 Å². The van der Waals surface area contributed by atoms with Gasteiger partial charge in [-0.15, -0.1) is 0 Å². The molecule has 10 unspecified atom stereocenters. The Morgan fingerprint density at radius 2 is 1.65 bits per heavy atom. The molecule has 0 heterocycles. The molecule has 0 aliphatic heterocycles. The van der Waals surface area contributed by atoms with Gasteiger partial charge in [-0.1, -0.05) is 39.3 Å². The Balaban J connectivity index is 1.59. The second-order valence-corrected chi connectivity index (χ2v) is 14.8. The molecule has 3 N–H and O–H groups in total. The molecule has 5 rings (SSSR count). The third-order valence-corrected chi connectivity index (χ3v) is 13.6. The molecule has 208 valence electrons. The maximum atomic E-state index is 12.9. The number of aliphatic hydroxyl groups excluding tert-OH is 2. The highest BCUT2D eigenvalue weighted by atomic mass is 16.5. The van der Waals surface area contributed by atoms with Crippen molar-refractivity contribution in [1.29, 1.82) is 0 Å². The highest BCUT2D eigenvalue weighted by Crippen LogP contribution is 2.75. The summed E-state index contributed by atoms with van der Waals surface area (Å²) in [5.74, 6) is -0.449. The van der Waals surface area contributed by atoms with Gasteiger partial charge in [-0.25, -0.2) is 0 Å². The molecule has 6 heteroatoms. The zero-order valence-corrected chi connectivity index (χ0v) is 23.7. The molecule has 0 aromatic heterocycles. The Morgan fingerprint density at radius 1 is 0.973 bits per heavy atom. The first-order valence-electron chi connectivity index (χ1n) is 14.5. The van der Waals surface area contributed by atoms with Crippen molar-refractivity contribution in [3.8, 4) is 0 Å². The van der Waals surface area contributed by atoms with E-state index in [1.165, 1.54) is 12.7 Å². The standard InChI is InChI=1S/C31H48O6/c1-26(25(36)37-6)13-15-31(24(34)35)16-14-29(4)19(20(31)17-26)7-8-22-27(2)11-10-23(33)28(3,18-32)21(27)9-12-30(22,29)5/h7,20-23,32-33H,8-18H2,1-6H3,(H,34,35). The number of carboxylic acids is 1. The lowest BCUT2D eigenvalue weighted by molar-refractivity contribution is -0.217. The number of hydrogen-bond acceptors (Lipinski definition) is 5. The van der Waals surface area contributed by atoms with Crippen molar-refractivity contribution >= 4 is 11.9 Å². The fourth-order valence-electron chi connectivity index (χ4n) is 10.9. The molecule has 37 heavy (non-hydrogen) atoms. The minimum atomic E-state index is -0.812. The van der Waals surface area contributed by atoms with E-state index in [0.29, 0.717) is 38.0 Å². The number of allylic oxidation sites excluding steroid dienone is 2. The lowest BCUT2D eigenvalue weighted by atomic mass is 9.33. The summed E-state index contributed by atoms with van der Waals surface area (Å²) in [7, 11) is 1.43. The van der Waals surface area contributed by atoms with E-state index in [1.54, 1.807) is 0 Å². The molecular formula is C31H48O6. The zero-order chi connectivity index (χ0) is 27.2. The Morgan fingerprint density at radius 3 is 2.27 bits per heavy atom. The Labute approximate surface area is 222 Å². The van der Waals surface area contributed by atoms with E-state index >= 15 is 0 Å². The molecule has 0 radical (unpaired) electrons. The van der Waals surface area contributed by atoms with E-state index in [9.17, 15) is 24.9 Å². The number of carbonyl (C=O) groups is 2. The van der Waals surface area contributed by atoms with Gasteiger partial charge in [0.25, 0.3) is 0 Å². The summed E-state index contributed by atoms with van der Waals surface area (Å²) in [4.78, 5) is 25.7. The number of aliphatic hydroxyl groups is 2. The van der Waals surface area contributed by atoms with Gasteiger partial charge in [0.1, 0.15) is 0 Å². The normalized spacial score (nSPS) is 53.0. The fraction of sp³-hybridized carbons (Fsp3) is 0.871. The molecule has 0 amide bonds. The largest absolute Gasteiger partial charge is 0.481 e. The Bertz CT molecular complexity index is 1020. The second-order valence-electron chi connectivity index (χ2n) is 14.8. The lowest BCUT2D eigenvalue weighted by Crippen LogP contribution is -2.66. The van der Waals surface area contributed by atoms with Crippen LogP contribution in [0.2, 0.25) is 0 Å². The van der Waals surface area contributed by atoms with Gasteiger partial charge in [-0.2, -0.15) is 0 Å². The van der Waals surface area contributed by atoms with Gasteiger partial charge in [0, 0.05) is 5.41 Å². The first kappa shape index (κ1) is 27.2. The topological polar surface area (TPSA) is 104 Å². The first-order chi connectivity index (χ1) is 17.2. The molecule has 6 nitrogen and oxygen atoms in total. The molecule has 0 aromatic carbocycles. The molecule has 0 aromatic rings. The van der Waals surface area contributed by atoms with Crippen LogP contribution in [0.15, 0.2) is 11.6 Å². The van der Waals surface area contributed by atoms with Crippen LogP contribution >= 0.6 is 0 Å². The molecule has 0 saturated heterocycles. The quantitative estimate of drug-likeness (QED) is 0.345. The summed E-state index contributed by atoms with van der Waals surface area (Å²) in [6, 6.07) is 0. The maximum Gasteiger partial charge on any atom is 0.311 e. The number of rotatable bonds is 3. The SMILES string of the molecule is COC(=O)C1(C)CCC2(C(=O)O)CCC3(C)C(=CCC4C5(C)CCC(O)C(C)(CO)C5CCC43C)C2C1. The molecule has 5 aliphatic carbocycles. The number of aliphatic carboxylic acids is 1. The number of carboxylic acid groups (broad SMARTS) is 1. The summed E-state index contributed by atoms with van der Waals surface area (Å²) >= 11 is 0. The van der Waals surface area contributed by atoms with E-state index in [4.69, 9.17) is 4.74 Å². The van der Waals surface area contributed by atoms with Crippen LogP contribution in [0, 0.1) is 50.2 Å². The van der Waals surface area contributed by atoms with E-state index in [0.717, 1.165) is 32.1 Å². The fourth-order valence-corrected chi connectivity index (χ4v) is 10.9. The van der Waals surface area contributed by atoms with Crippen LogP contribution in [0.3, 0.4) is 0 Å². The highest BCUT2D eigenvalue weighted by molar-refractivity contribution is 5.80. The number of carbonyl (C=O) groups excluding carboxylic acids is 1. The number of fused-ring (bicyclic) bond motifs is 7. The van der Waals surface area contributed by atoms with Crippen LogP contribution < -0.4 is 0 Å².